The van der Waals surface area contributed by atoms with Crippen molar-refractivity contribution in [2.45, 2.75) is 6.42 Å². The molecule has 0 saturated heterocycles. The van der Waals surface area contributed by atoms with Gasteiger partial charge in [0.1, 0.15) is 5.82 Å². The zero-order valence-corrected chi connectivity index (χ0v) is 17.3. The highest BCUT2D eigenvalue weighted by Crippen LogP contribution is 2.25. The molecule has 2 aromatic heterocycles. The molecule has 1 aromatic carbocycles. The fraction of sp³-hybridized carbons (Fsp3) is 0.211. The fourth-order valence-electron chi connectivity index (χ4n) is 2.57. The van der Waals surface area contributed by atoms with E-state index in [1.165, 1.54) is 0 Å². The maximum Gasteiger partial charge on any atom is 0.227 e. The summed E-state index contributed by atoms with van der Waals surface area (Å²) in [6.07, 6.45) is 5.12. The van der Waals surface area contributed by atoms with Gasteiger partial charge in [-0.1, -0.05) is 17.7 Å². The van der Waals surface area contributed by atoms with Gasteiger partial charge in [-0.3, -0.25) is 0 Å². The molecule has 0 amide bonds. The minimum Gasteiger partial charge on any atom is -0.369 e. The van der Waals surface area contributed by atoms with Crippen molar-refractivity contribution >= 4 is 39.1 Å². The number of nitrogens with zero attached hydrogens (tertiary/aromatic N) is 3. The molecule has 3 rings (SSSR count). The third-order valence-corrected chi connectivity index (χ3v) is 4.79. The van der Waals surface area contributed by atoms with Gasteiger partial charge in [-0.15, -0.1) is 0 Å². The molecule has 0 bridgehead atoms. The van der Waals surface area contributed by atoms with Gasteiger partial charge in [0, 0.05) is 41.8 Å². The highest BCUT2D eigenvalue weighted by atomic mass is 35.5. The first-order valence-corrected chi connectivity index (χ1v) is 11.2. The molecule has 0 aliphatic carbocycles. The van der Waals surface area contributed by atoms with Gasteiger partial charge in [0.05, 0.1) is 11.9 Å². The number of hydrogen-bond donors (Lipinski definition) is 3. The fourth-order valence-corrected chi connectivity index (χ4v) is 3.28. The summed E-state index contributed by atoms with van der Waals surface area (Å²) < 4.78 is 24.7. The summed E-state index contributed by atoms with van der Waals surface area (Å²) in [7, 11) is -3.18. The van der Waals surface area contributed by atoms with Crippen LogP contribution in [0.15, 0.2) is 54.9 Å². The van der Waals surface area contributed by atoms with Gasteiger partial charge >= 0.3 is 0 Å². The number of hydrogen-bond acceptors (Lipinski definition) is 7. The van der Waals surface area contributed by atoms with Crippen LogP contribution in [0.5, 0.6) is 0 Å². The Morgan fingerprint density at radius 3 is 2.69 bits per heavy atom. The van der Waals surface area contributed by atoms with E-state index in [1.54, 1.807) is 30.6 Å². The van der Waals surface area contributed by atoms with Crippen LogP contribution in [0.25, 0.3) is 11.3 Å². The van der Waals surface area contributed by atoms with Gasteiger partial charge < -0.3 is 10.6 Å². The Labute approximate surface area is 174 Å². The number of sulfonamides is 1. The lowest BCUT2D eigenvalue weighted by Gasteiger charge is -2.12. The third kappa shape index (κ3) is 6.67. The second-order valence-electron chi connectivity index (χ2n) is 6.25. The van der Waals surface area contributed by atoms with Crippen molar-refractivity contribution in [3.63, 3.8) is 0 Å². The van der Waals surface area contributed by atoms with Crippen molar-refractivity contribution in [2.24, 2.45) is 0 Å². The Bertz CT molecular complexity index is 1080. The van der Waals surface area contributed by atoms with Gasteiger partial charge in [0.15, 0.2) is 0 Å². The van der Waals surface area contributed by atoms with Crippen LogP contribution in [-0.2, 0) is 10.0 Å². The van der Waals surface area contributed by atoms with Crippen molar-refractivity contribution in [1.29, 1.82) is 0 Å². The van der Waals surface area contributed by atoms with Crippen molar-refractivity contribution < 1.29 is 8.42 Å². The molecule has 3 aromatic rings. The van der Waals surface area contributed by atoms with Crippen LogP contribution < -0.4 is 15.4 Å². The SMILES string of the molecule is CS(=O)(=O)NCCCNc1ncccc1-c1ccnc(Nc2cccc(Cl)c2)n1. The number of nitrogens with one attached hydrogen (secondary N) is 3. The molecule has 0 aliphatic rings. The largest absolute Gasteiger partial charge is 0.369 e. The van der Waals surface area contributed by atoms with Crippen molar-refractivity contribution in [2.75, 3.05) is 30.0 Å². The Balaban J connectivity index is 1.70. The van der Waals surface area contributed by atoms with E-state index in [-0.39, 0.29) is 0 Å². The molecule has 2 heterocycles. The summed E-state index contributed by atoms with van der Waals surface area (Å²) in [5, 5.41) is 6.99. The van der Waals surface area contributed by atoms with Crippen LogP contribution in [0, 0.1) is 0 Å². The summed E-state index contributed by atoms with van der Waals surface area (Å²) in [6, 6.07) is 12.9. The van der Waals surface area contributed by atoms with E-state index in [2.05, 4.69) is 30.3 Å². The van der Waals surface area contributed by atoms with E-state index in [1.807, 2.05) is 24.3 Å². The van der Waals surface area contributed by atoms with Crippen molar-refractivity contribution in [3.8, 4) is 11.3 Å². The number of benzene rings is 1. The lowest BCUT2D eigenvalue weighted by molar-refractivity contribution is 0.586. The van der Waals surface area contributed by atoms with E-state index in [0.717, 1.165) is 17.5 Å². The van der Waals surface area contributed by atoms with Gasteiger partial charge in [0.25, 0.3) is 0 Å². The number of pyridine rings is 1. The number of anilines is 3. The molecule has 0 aliphatic heterocycles. The molecule has 0 unspecified atom stereocenters. The zero-order chi connectivity index (χ0) is 20.7. The predicted molar refractivity (Wildman–Crippen MR) is 116 cm³/mol. The highest BCUT2D eigenvalue weighted by molar-refractivity contribution is 7.88. The molecule has 0 fully saturated rings. The number of aromatic nitrogens is 3. The second kappa shape index (κ2) is 9.64. The lowest BCUT2D eigenvalue weighted by atomic mass is 10.2. The van der Waals surface area contributed by atoms with E-state index in [4.69, 9.17) is 11.6 Å². The zero-order valence-electron chi connectivity index (χ0n) is 15.8. The Hall–Kier alpha value is -2.75. The Morgan fingerprint density at radius 1 is 1.03 bits per heavy atom. The van der Waals surface area contributed by atoms with Crippen molar-refractivity contribution in [1.82, 2.24) is 19.7 Å². The number of rotatable bonds is 9. The smallest absolute Gasteiger partial charge is 0.227 e. The van der Waals surface area contributed by atoms with E-state index >= 15 is 0 Å². The van der Waals surface area contributed by atoms with Crippen LogP contribution in [0.4, 0.5) is 17.5 Å². The molecule has 10 heteroatoms. The summed E-state index contributed by atoms with van der Waals surface area (Å²) in [6.45, 7) is 0.917. The van der Waals surface area contributed by atoms with Crippen LogP contribution in [0.1, 0.15) is 6.42 Å². The van der Waals surface area contributed by atoms with Crippen molar-refractivity contribution in [3.05, 3.63) is 59.9 Å². The monoisotopic (exact) mass is 432 g/mol. The average Bonchev–Trinajstić information content (AvgIpc) is 2.67. The summed E-state index contributed by atoms with van der Waals surface area (Å²) >= 11 is 6.02. The molecule has 0 radical (unpaired) electrons. The maximum absolute atomic E-state index is 11.1. The van der Waals surface area contributed by atoms with Crippen LogP contribution in [0.2, 0.25) is 5.02 Å². The first-order valence-electron chi connectivity index (χ1n) is 8.90. The van der Waals surface area contributed by atoms with Gasteiger partial charge in [-0.2, -0.15) is 0 Å². The minimum atomic E-state index is -3.18. The maximum atomic E-state index is 11.1. The summed E-state index contributed by atoms with van der Waals surface area (Å²) in [5.41, 5.74) is 2.31. The van der Waals surface area contributed by atoms with Gasteiger partial charge in [0.2, 0.25) is 16.0 Å². The standard InChI is InChI=1S/C19H21ClN6O2S/c1-29(27,28)24-11-4-10-22-18-16(7-3-9-21-18)17-8-12-23-19(26-17)25-15-6-2-5-14(20)13-15/h2-3,5-9,12-13,24H,4,10-11H2,1H3,(H,21,22)(H,23,25,26). The lowest BCUT2D eigenvalue weighted by Crippen LogP contribution is -2.24. The second-order valence-corrected chi connectivity index (χ2v) is 8.52. The van der Waals surface area contributed by atoms with Gasteiger partial charge in [-0.05, 0) is 42.8 Å². The molecular weight excluding hydrogens is 412 g/mol. The quantitative estimate of drug-likeness (QED) is 0.445. The molecule has 29 heavy (non-hydrogen) atoms. The van der Waals surface area contributed by atoms with Crippen LogP contribution in [-0.4, -0.2) is 42.7 Å². The molecule has 0 saturated carbocycles. The Morgan fingerprint density at radius 2 is 1.90 bits per heavy atom. The van der Waals surface area contributed by atoms with E-state index < -0.39 is 10.0 Å². The first kappa shape index (κ1) is 21.0. The first-order chi connectivity index (χ1) is 13.9. The predicted octanol–water partition coefficient (Wildman–Crippen LogP) is 3.29. The van der Waals surface area contributed by atoms with E-state index in [9.17, 15) is 8.42 Å². The normalized spacial score (nSPS) is 11.2. The highest BCUT2D eigenvalue weighted by Gasteiger charge is 2.09. The van der Waals surface area contributed by atoms with Gasteiger partial charge in [-0.25, -0.2) is 28.1 Å². The van der Waals surface area contributed by atoms with E-state index in [0.29, 0.717) is 42.0 Å². The number of halogens is 1. The Kier molecular flexibility index (Phi) is 6.97. The molecule has 0 atom stereocenters. The topological polar surface area (TPSA) is 109 Å². The summed E-state index contributed by atoms with van der Waals surface area (Å²) in [5.74, 6) is 1.11. The summed E-state index contributed by atoms with van der Waals surface area (Å²) in [4.78, 5) is 13.2. The minimum absolute atomic E-state index is 0.356. The molecule has 8 nitrogen and oxygen atoms in total. The average molecular weight is 433 g/mol. The third-order valence-electron chi connectivity index (χ3n) is 3.83. The molecule has 3 N–H and O–H groups in total. The van der Waals surface area contributed by atoms with Crippen LogP contribution in [0.3, 0.4) is 0 Å². The molecular formula is C19H21ClN6O2S. The van der Waals surface area contributed by atoms with Crippen LogP contribution >= 0.6 is 11.6 Å². The molecule has 152 valence electrons. The molecule has 0 spiro atoms.